The van der Waals surface area contributed by atoms with Crippen molar-refractivity contribution in [3.63, 3.8) is 0 Å². The van der Waals surface area contributed by atoms with Crippen LogP contribution in [-0.2, 0) is 38.3 Å². The lowest BCUT2D eigenvalue weighted by molar-refractivity contribution is -0.151. The Labute approximate surface area is 235 Å². The van der Waals surface area contributed by atoms with E-state index in [0.29, 0.717) is 28.5 Å². The first-order valence-electron chi connectivity index (χ1n) is 13.0. The quantitative estimate of drug-likeness (QED) is 0.326. The summed E-state index contributed by atoms with van der Waals surface area (Å²) in [7, 11) is 1.29. The van der Waals surface area contributed by atoms with Crippen molar-refractivity contribution in [3.05, 3.63) is 87.3 Å². The molecule has 1 aromatic heterocycles. The lowest BCUT2D eigenvalue weighted by Crippen LogP contribution is -2.47. The summed E-state index contributed by atoms with van der Waals surface area (Å²) >= 11 is 1.32. The van der Waals surface area contributed by atoms with Crippen LogP contribution in [-0.4, -0.2) is 54.3 Å². The van der Waals surface area contributed by atoms with E-state index in [-0.39, 0.29) is 17.5 Å². The summed E-state index contributed by atoms with van der Waals surface area (Å²) in [5.74, 6) is -2.79. The van der Waals surface area contributed by atoms with Gasteiger partial charge < -0.3 is 14.8 Å². The van der Waals surface area contributed by atoms with Crippen LogP contribution in [0.25, 0.3) is 0 Å². The van der Waals surface area contributed by atoms with Crippen LogP contribution < -0.4 is 5.32 Å². The van der Waals surface area contributed by atoms with E-state index in [4.69, 9.17) is 9.47 Å². The lowest BCUT2D eigenvalue weighted by atomic mass is 9.88. The van der Waals surface area contributed by atoms with Gasteiger partial charge in [0.2, 0.25) is 0 Å². The van der Waals surface area contributed by atoms with Gasteiger partial charge in [-0.2, -0.15) is 0 Å². The van der Waals surface area contributed by atoms with Crippen LogP contribution in [0.2, 0.25) is 0 Å². The Morgan fingerprint density at radius 3 is 2.33 bits per heavy atom. The predicted octanol–water partition coefficient (Wildman–Crippen LogP) is 4.05. The summed E-state index contributed by atoms with van der Waals surface area (Å²) in [5, 5.41) is 3.05. The van der Waals surface area contributed by atoms with Crippen LogP contribution in [0.4, 0.5) is 5.00 Å². The maximum Gasteiger partial charge on any atom is 0.341 e. The molecule has 206 valence electrons. The molecule has 2 aliphatic rings. The van der Waals surface area contributed by atoms with E-state index in [1.54, 1.807) is 36.4 Å². The number of amides is 3. The summed E-state index contributed by atoms with van der Waals surface area (Å²) in [5.41, 5.74) is 2.36. The van der Waals surface area contributed by atoms with Crippen molar-refractivity contribution in [3.8, 4) is 0 Å². The number of carbonyl (C=O) groups excluding carboxylic acids is 5. The van der Waals surface area contributed by atoms with Gasteiger partial charge in [0.05, 0.1) is 23.8 Å². The average molecular weight is 561 g/mol. The smallest absolute Gasteiger partial charge is 0.341 e. The second kappa shape index (κ2) is 11.4. The number of ether oxygens (including phenoxy) is 2. The van der Waals surface area contributed by atoms with Crippen molar-refractivity contribution < 1.29 is 33.4 Å². The number of hydrogen-bond acceptors (Lipinski definition) is 8. The third-order valence-corrected chi connectivity index (χ3v) is 8.35. The molecule has 1 aliphatic carbocycles. The molecule has 0 bridgehead atoms. The molecule has 9 nitrogen and oxygen atoms in total. The molecule has 0 saturated heterocycles. The van der Waals surface area contributed by atoms with Gasteiger partial charge in [-0.1, -0.05) is 49.4 Å². The number of rotatable bonds is 8. The van der Waals surface area contributed by atoms with Crippen LogP contribution in [0.1, 0.15) is 60.4 Å². The SMILES string of the molecule is COC(=O)c1c(NC(=O)COC(=O)[C@H](Cc2ccccc2)N2C(=O)c3ccccc3C2=O)sc2c1CC[C@H](C)C2. The van der Waals surface area contributed by atoms with Crippen LogP contribution in [0, 0.1) is 5.92 Å². The monoisotopic (exact) mass is 560 g/mol. The fraction of sp³-hybridized carbons (Fsp3) is 0.300. The number of nitrogens with zero attached hydrogens (tertiary/aromatic N) is 1. The number of benzene rings is 2. The molecule has 3 aromatic rings. The lowest BCUT2D eigenvalue weighted by Gasteiger charge is -2.24. The number of nitrogens with one attached hydrogen (secondary N) is 1. The Hall–Kier alpha value is -4.31. The average Bonchev–Trinajstić information content (AvgIpc) is 3.43. The van der Waals surface area contributed by atoms with Crippen LogP contribution >= 0.6 is 11.3 Å². The zero-order chi connectivity index (χ0) is 28.4. The Kier molecular flexibility index (Phi) is 7.79. The van der Waals surface area contributed by atoms with Crippen LogP contribution in [0.3, 0.4) is 0 Å². The highest BCUT2D eigenvalue weighted by molar-refractivity contribution is 7.17. The highest BCUT2D eigenvalue weighted by Crippen LogP contribution is 2.40. The molecule has 1 N–H and O–H groups in total. The first kappa shape index (κ1) is 27.3. The number of imide groups is 1. The number of methoxy groups -OCH3 is 1. The molecular weight excluding hydrogens is 532 g/mol. The van der Waals surface area contributed by atoms with Gasteiger partial charge >= 0.3 is 11.9 Å². The predicted molar refractivity (Wildman–Crippen MR) is 147 cm³/mol. The zero-order valence-electron chi connectivity index (χ0n) is 22.1. The van der Waals surface area contributed by atoms with Gasteiger partial charge in [0.15, 0.2) is 6.61 Å². The number of esters is 2. The topological polar surface area (TPSA) is 119 Å². The van der Waals surface area contributed by atoms with Crippen molar-refractivity contribution in [2.75, 3.05) is 19.0 Å². The Balaban J connectivity index is 1.33. The second-order valence-corrected chi connectivity index (χ2v) is 11.0. The van der Waals surface area contributed by atoms with Gasteiger partial charge in [-0.25, -0.2) is 9.59 Å². The number of fused-ring (bicyclic) bond motifs is 2. The molecule has 0 saturated carbocycles. The summed E-state index contributed by atoms with van der Waals surface area (Å²) < 4.78 is 10.3. The van der Waals surface area contributed by atoms with E-state index >= 15 is 0 Å². The maximum absolute atomic E-state index is 13.3. The standard InChI is InChI=1S/C30H28N2O7S/c1-17-12-13-21-23(14-17)40-26(25(21)30(37)38-2)31-24(33)16-39-29(36)22(15-18-8-4-3-5-9-18)32-27(34)19-10-6-7-11-20(19)28(32)35/h3-11,17,22H,12-16H2,1-2H3,(H,31,33)/t17-,22-/m0/s1. The Morgan fingerprint density at radius 1 is 1.02 bits per heavy atom. The summed E-state index contributed by atoms with van der Waals surface area (Å²) in [4.78, 5) is 67.0. The highest BCUT2D eigenvalue weighted by Gasteiger charge is 2.43. The van der Waals surface area contributed by atoms with Gasteiger partial charge in [0.25, 0.3) is 17.7 Å². The van der Waals surface area contributed by atoms with Gasteiger partial charge in [-0.15, -0.1) is 11.3 Å². The third-order valence-electron chi connectivity index (χ3n) is 7.18. The largest absolute Gasteiger partial charge is 0.465 e. The zero-order valence-corrected chi connectivity index (χ0v) is 22.9. The van der Waals surface area contributed by atoms with Gasteiger partial charge in [-0.05, 0) is 48.4 Å². The molecule has 10 heteroatoms. The van der Waals surface area contributed by atoms with Crippen LogP contribution in [0.15, 0.2) is 54.6 Å². The molecule has 0 spiro atoms. The summed E-state index contributed by atoms with van der Waals surface area (Å²) in [6, 6.07) is 14.0. The fourth-order valence-electron chi connectivity index (χ4n) is 5.16. The molecule has 1 aliphatic heterocycles. The van der Waals surface area contributed by atoms with E-state index < -0.39 is 42.3 Å². The fourth-order valence-corrected chi connectivity index (χ4v) is 6.58. The Morgan fingerprint density at radius 2 is 1.68 bits per heavy atom. The minimum Gasteiger partial charge on any atom is -0.465 e. The molecule has 0 fully saturated rings. The third kappa shape index (κ3) is 5.27. The van der Waals surface area contributed by atoms with E-state index in [2.05, 4.69) is 12.2 Å². The van der Waals surface area contributed by atoms with E-state index in [1.165, 1.54) is 30.6 Å². The maximum atomic E-state index is 13.3. The molecule has 2 atom stereocenters. The summed E-state index contributed by atoms with van der Waals surface area (Å²) in [6.07, 6.45) is 2.47. The van der Waals surface area contributed by atoms with Crippen molar-refractivity contribution in [2.24, 2.45) is 5.92 Å². The number of carbonyl (C=O) groups is 5. The molecule has 3 amide bonds. The van der Waals surface area contributed by atoms with E-state index in [1.807, 2.05) is 6.07 Å². The Bertz CT molecular complexity index is 1460. The minimum atomic E-state index is -1.27. The molecule has 40 heavy (non-hydrogen) atoms. The van der Waals surface area contributed by atoms with E-state index in [0.717, 1.165) is 28.2 Å². The van der Waals surface area contributed by atoms with Crippen molar-refractivity contribution in [1.29, 1.82) is 0 Å². The van der Waals surface area contributed by atoms with Crippen molar-refractivity contribution >= 4 is 46.0 Å². The van der Waals surface area contributed by atoms with Crippen molar-refractivity contribution in [2.45, 2.75) is 38.6 Å². The second-order valence-electron chi connectivity index (χ2n) is 9.93. The van der Waals surface area contributed by atoms with Gasteiger partial charge in [-0.3, -0.25) is 19.3 Å². The van der Waals surface area contributed by atoms with Crippen LogP contribution in [0.5, 0.6) is 0 Å². The van der Waals surface area contributed by atoms with Gasteiger partial charge in [0.1, 0.15) is 11.0 Å². The molecule has 5 rings (SSSR count). The molecule has 0 radical (unpaired) electrons. The first-order valence-corrected chi connectivity index (χ1v) is 13.8. The molecule has 2 heterocycles. The number of anilines is 1. The van der Waals surface area contributed by atoms with Gasteiger partial charge in [0, 0.05) is 11.3 Å². The first-order chi connectivity index (χ1) is 19.3. The number of thiophene rings is 1. The minimum absolute atomic E-state index is 0.0229. The van der Waals surface area contributed by atoms with E-state index in [9.17, 15) is 24.0 Å². The number of hydrogen-bond donors (Lipinski definition) is 1. The molecular formula is C30H28N2O7S. The molecule has 0 unspecified atom stereocenters. The highest BCUT2D eigenvalue weighted by atomic mass is 32.1. The summed E-state index contributed by atoms with van der Waals surface area (Å²) in [6.45, 7) is 1.48. The van der Waals surface area contributed by atoms with Crippen molar-refractivity contribution in [1.82, 2.24) is 4.90 Å². The molecule has 2 aromatic carbocycles. The normalized spacial score (nSPS) is 16.6.